The molecule has 6 heteroatoms. The highest BCUT2D eigenvalue weighted by atomic mass is 16.5. The lowest BCUT2D eigenvalue weighted by Gasteiger charge is -2.11. The van der Waals surface area contributed by atoms with Gasteiger partial charge in [0, 0.05) is 37.4 Å². The fourth-order valence-corrected chi connectivity index (χ4v) is 2.14. The maximum atomic E-state index is 5.01. The smallest absolute Gasteiger partial charge is 0.180 e. The number of hydrogen-bond donors (Lipinski definition) is 1. The normalized spacial score (nSPS) is 10.8. The van der Waals surface area contributed by atoms with Gasteiger partial charge in [-0.15, -0.1) is 0 Å². The van der Waals surface area contributed by atoms with Crippen LogP contribution >= 0.6 is 0 Å². The van der Waals surface area contributed by atoms with E-state index in [0.717, 1.165) is 37.5 Å². The van der Waals surface area contributed by atoms with Crippen LogP contribution in [0.15, 0.2) is 18.6 Å². The Kier molecular flexibility index (Phi) is 5.71. The Balaban J connectivity index is 2.07. The predicted octanol–water partition coefficient (Wildman–Crippen LogP) is 1.33. The fourth-order valence-electron chi connectivity index (χ4n) is 2.14. The summed E-state index contributed by atoms with van der Waals surface area (Å²) in [7, 11) is 1.70. The number of aromatic nitrogens is 4. The molecule has 0 aromatic carbocycles. The summed E-state index contributed by atoms with van der Waals surface area (Å²) in [4.78, 5) is 17.4. The summed E-state index contributed by atoms with van der Waals surface area (Å²) in [5, 5.41) is 3.33. The molecule has 0 radical (unpaired) electrons. The van der Waals surface area contributed by atoms with Gasteiger partial charge in [-0.25, -0.2) is 15.0 Å². The summed E-state index contributed by atoms with van der Waals surface area (Å²) in [5.74, 6) is 0.634. The van der Waals surface area contributed by atoms with Crippen molar-refractivity contribution in [2.24, 2.45) is 0 Å². The maximum absolute atomic E-state index is 5.01. The minimum atomic E-state index is 0.634. The topological polar surface area (TPSA) is 72.8 Å². The van der Waals surface area contributed by atoms with Gasteiger partial charge in [0.25, 0.3) is 0 Å². The zero-order valence-electron chi connectivity index (χ0n) is 12.8. The van der Waals surface area contributed by atoms with Crippen molar-refractivity contribution in [3.63, 3.8) is 0 Å². The van der Waals surface area contributed by atoms with Gasteiger partial charge < -0.3 is 10.1 Å². The lowest BCUT2D eigenvalue weighted by atomic mass is 10.1. The molecule has 0 unspecified atom stereocenters. The van der Waals surface area contributed by atoms with Gasteiger partial charge in [-0.2, -0.15) is 0 Å². The van der Waals surface area contributed by atoms with Crippen LogP contribution < -0.4 is 5.32 Å². The highest BCUT2D eigenvalue weighted by Gasteiger charge is 2.10. The van der Waals surface area contributed by atoms with Gasteiger partial charge in [-0.05, 0) is 32.4 Å². The standard InChI is InChI=1S/C15H21N5O/c1-11-13(4-5-16-8-9-21-3)12(2)20-15(19-11)14-10-17-6-7-18-14/h6-7,10,16H,4-5,8-9H2,1-3H3. The van der Waals surface area contributed by atoms with Crippen LogP contribution in [0.2, 0.25) is 0 Å². The first-order chi connectivity index (χ1) is 10.2. The van der Waals surface area contributed by atoms with E-state index in [0.29, 0.717) is 11.5 Å². The number of hydrogen-bond acceptors (Lipinski definition) is 6. The Bertz CT molecular complexity index is 551. The molecule has 0 saturated carbocycles. The minimum Gasteiger partial charge on any atom is -0.383 e. The van der Waals surface area contributed by atoms with E-state index in [4.69, 9.17) is 4.74 Å². The molecule has 2 aromatic rings. The third-order valence-corrected chi connectivity index (χ3v) is 3.25. The third-order valence-electron chi connectivity index (χ3n) is 3.25. The van der Waals surface area contributed by atoms with E-state index in [1.165, 1.54) is 5.56 Å². The molecule has 0 aliphatic heterocycles. The zero-order valence-corrected chi connectivity index (χ0v) is 12.8. The first kappa shape index (κ1) is 15.5. The van der Waals surface area contributed by atoms with Crippen molar-refractivity contribution in [3.8, 4) is 11.5 Å². The number of ether oxygens (including phenoxy) is 1. The van der Waals surface area contributed by atoms with E-state index in [2.05, 4.69) is 25.3 Å². The van der Waals surface area contributed by atoms with E-state index >= 15 is 0 Å². The summed E-state index contributed by atoms with van der Waals surface area (Å²) >= 11 is 0. The van der Waals surface area contributed by atoms with Crippen molar-refractivity contribution >= 4 is 0 Å². The number of nitrogens with one attached hydrogen (secondary N) is 1. The molecule has 6 nitrogen and oxygen atoms in total. The van der Waals surface area contributed by atoms with Crippen LogP contribution in [-0.2, 0) is 11.2 Å². The monoisotopic (exact) mass is 287 g/mol. The Labute approximate surface area is 125 Å². The van der Waals surface area contributed by atoms with Crippen LogP contribution in [0.25, 0.3) is 11.5 Å². The predicted molar refractivity (Wildman–Crippen MR) is 81.0 cm³/mol. The summed E-state index contributed by atoms with van der Waals surface area (Å²) in [5.41, 5.74) is 3.88. The Morgan fingerprint density at radius 1 is 1.10 bits per heavy atom. The van der Waals surface area contributed by atoms with E-state index in [1.54, 1.807) is 25.7 Å². The Hall–Kier alpha value is -1.92. The van der Waals surface area contributed by atoms with Crippen LogP contribution in [0.5, 0.6) is 0 Å². The second kappa shape index (κ2) is 7.75. The van der Waals surface area contributed by atoms with Crippen molar-refractivity contribution in [3.05, 3.63) is 35.5 Å². The molecule has 2 heterocycles. The summed E-state index contributed by atoms with van der Waals surface area (Å²) in [6.07, 6.45) is 5.88. The SMILES string of the molecule is COCCNCCc1c(C)nc(-c2cnccn2)nc1C. The molecular weight excluding hydrogens is 266 g/mol. The third kappa shape index (κ3) is 4.27. The van der Waals surface area contributed by atoms with Gasteiger partial charge in [0.2, 0.25) is 0 Å². The quantitative estimate of drug-likeness (QED) is 0.775. The highest BCUT2D eigenvalue weighted by molar-refractivity contribution is 5.48. The Morgan fingerprint density at radius 2 is 1.86 bits per heavy atom. The summed E-state index contributed by atoms with van der Waals surface area (Å²) < 4.78 is 5.01. The van der Waals surface area contributed by atoms with E-state index in [9.17, 15) is 0 Å². The van der Waals surface area contributed by atoms with Crippen LogP contribution in [0, 0.1) is 13.8 Å². The van der Waals surface area contributed by atoms with Crippen LogP contribution in [0.3, 0.4) is 0 Å². The molecular formula is C15H21N5O. The second-order valence-electron chi connectivity index (χ2n) is 4.78. The molecule has 2 aromatic heterocycles. The first-order valence-corrected chi connectivity index (χ1v) is 7.02. The Morgan fingerprint density at radius 3 is 2.48 bits per heavy atom. The molecule has 0 bridgehead atoms. The van der Waals surface area contributed by atoms with E-state index in [-0.39, 0.29) is 0 Å². The van der Waals surface area contributed by atoms with Crippen molar-refractivity contribution in [2.75, 3.05) is 26.8 Å². The number of aryl methyl sites for hydroxylation is 2. The van der Waals surface area contributed by atoms with Crippen LogP contribution in [-0.4, -0.2) is 46.7 Å². The number of nitrogens with zero attached hydrogens (tertiary/aromatic N) is 4. The van der Waals surface area contributed by atoms with Crippen molar-refractivity contribution in [2.45, 2.75) is 20.3 Å². The van der Waals surface area contributed by atoms with Gasteiger partial charge in [0.1, 0.15) is 5.69 Å². The second-order valence-corrected chi connectivity index (χ2v) is 4.78. The summed E-state index contributed by atoms with van der Waals surface area (Å²) in [6.45, 7) is 6.49. The van der Waals surface area contributed by atoms with Crippen LogP contribution in [0.4, 0.5) is 0 Å². The molecule has 2 rings (SSSR count). The maximum Gasteiger partial charge on any atom is 0.180 e. The zero-order chi connectivity index (χ0) is 15.1. The molecule has 0 spiro atoms. The molecule has 0 fully saturated rings. The van der Waals surface area contributed by atoms with E-state index < -0.39 is 0 Å². The largest absolute Gasteiger partial charge is 0.383 e. The van der Waals surface area contributed by atoms with Gasteiger partial charge in [-0.3, -0.25) is 4.98 Å². The lowest BCUT2D eigenvalue weighted by Crippen LogP contribution is -2.22. The van der Waals surface area contributed by atoms with Gasteiger partial charge in [0.05, 0.1) is 12.8 Å². The minimum absolute atomic E-state index is 0.634. The van der Waals surface area contributed by atoms with Crippen molar-refractivity contribution < 1.29 is 4.74 Å². The molecule has 0 aliphatic carbocycles. The van der Waals surface area contributed by atoms with Crippen molar-refractivity contribution in [1.29, 1.82) is 0 Å². The first-order valence-electron chi connectivity index (χ1n) is 7.02. The number of methoxy groups -OCH3 is 1. The van der Waals surface area contributed by atoms with Crippen LogP contribution in [0.1, 0.15) is 17.0 Å². The van der Waals surface area contributed by atoms with E-state index in [1.807, 2.05) is 13.8 Å². The molecule has 1 N–H and O–H groups in total. The van der Waals surface area contributed by atoms with Gasteiger partial charge >= 0.3 is 0 Å². The molecule has 0 atom stereocenters. The molecule has 0 amide bonds. The van der Waals surface area contributed by atoms with Crippen molar-refractivity contribution in [1.82, 2.24) is 25.3 Å². The summed E-state index contributed by atoms with van der Waals surface area (Å²) in [6, 6.07) is 0. The molecule has 0 saturated heterocycles. The highest BCUT2D eigenvalue weighted by Crippen LogP contribution is 2.16. The average molecular weight is 287 g/mol. The van der Waals surface area contributed by atoms with Gasteiger partial charge in [0.15, 0.2) is 5.82 Å². The number of rotatable bonds is 7. The molecule has 21 heavy (non-hydrogen) atoms. The molecule has 0 aliphatic rings. The van der Waals surface area contributed by atoms with Gasteiger partial charge in [-0.1, -0.05) is 0 Å². The average Bonchev–Trinajstić information content (AvgIpc) is 2.50. The molecule has 112 valence electrons. The fraction of sp³-hybridized carbons (Fsp3) is 0.467. The lowest BCUT2D eigenvalue weighted by molar-refractivity contribution is 0.199.